The molecular formula is C30H49NO2. The molecule has 0 aromatic carbocycles. The topological polar surface area (TPSA) is 41.8 Å². The molecule has 2 bridgehead atoms. The zero-order valence-electron chi connectivity index (χ0n) is 22.5. The number of nitrogens with zero attached hydrogens (tertiary/aromatic N) is 1. The van der Waals surface area contributed by atoms with Gasteiger partial charge in [-0.2, -0.15) is 0 Å². The summed E-state index contributed by atoms with van der Waals surface area (Å²) in [4.78, 5) is 0. The summed E-state index contributed by atoms with van der Waals surface area (Å²) in [5.74, 6) is 3.02. The average Bonchev–Trinajstić information content (AvgIpc) is 3.07. The standard InChI is InChI=1S/C30H49NO2/c1-25(2)14-16-30-17-15-28(6)19(23(30)24(25)33-18-30)8-9-21-27(5)12-11-22(31-32)26(3,4)20(27)10-13-29(21,28)7/h19-21,23-24,32H,8-18H2,1-7H3/b31-22+/t19-,20+,21-,23?,24?,27+,28-,29-,30-/m1/s1. The highest BCUT2D eigenvalue weighted by molar-refractivity contribution is 5.90. The van der Waals surface area contributed by atoms with Crippen molar-refractivity contribution < 1.29 is 9.94 Å². The molecule has 1 saturated heterocycles. The van der Waals surface area contributed by atoms with Crippen LogP contribution in [0.2, 0.25) is 0 Å². The molecule has 3 nitrogen and oxygen atoms in total. The summed E-state index contributed by atoms with van der Waals surface area (Å²) < 4.78 is 6.71. The summed E-state index contributed by atoms with van der Waals surface area (Å²) in [6.07, 6.45) is 13.6. The number of hydrogen-bond acceptors (Lipinski definition) is 3. The first kappa shape index (κ1) is 22.9. The fraction of sp³-hybridized carbons (Fsp3) is 0.967. The van der Waals surface area contributed by atoms with Crippen molar-refractivity contribution in [3.05, 3.63) is 0 Å². The molecule has 0 spiro atoms. The highest BCUT2D eigenvalue weighted by Gasteiger charge is 2.72. The molecule has 0 amide bonds. The number of ether oxygens (including phenoxy) is 1. The number of hydrogen-bond donors (Lipinski definition) is 1. The smallest absolute Gasteiger partial charge is 0.0663 e. The van der Waals surface area contributed by atoms with Crippen LogP contribution in [0, 0.1) is 56.2 Å². The molecule has 5 saturated carbocycles. The molecule has 1 aliphatic heterocycles. The molecule has 2 unspecified atom stereocenters. The Bertz CT molecular complexity index is 877. The van der Waals surface area contributed by atoms with Gasteiger partial charge in [0.1, 0.15) is 0 Å². The van der Waals surface area contributed by atoms with Crippen molar-refractivity contribution in [2.45, 2.75) is 119 Å². The van der Waals surface area contributed by atoms with E-state index in [-0.39, 0.29) is 5.41 Å². The summed E-state index contributed by atoms with van der Waals surface area (Å²) in [5.41, 5.74) is 3.06. The van der Waals surface area contributed by atoms with E-state index in [9.17, 15) is 5.21 Å². The van der Waals surface area contributed by atoms with Crippen LogP contribution in [0.5, 0.6) is 0 Å². The van der Waals surface area contributed by atoms with E-state index in [1.807, 2.05) is 0 Å². The highest BCUT2D eigenvalue weighted by atomic mass is 16.5. The van der Waals surface area contributed by atoms with Crippen molar-refractivity contribution >= 4 is 5.71 Å². The van der Waals surface area contributed by atoms with E-state index in [0.717, 1.165) is 36.5 Å². The second kappa shape index (κ2) is 6.60. The van der Waals surface area contributed by atoms with Crippen LogP contribution in [0.1, 0.15) is 113 Å². The highest BCUT2D eigenvalue weighted by Crippen LogP contribution is 2.77. The SMILES string of the molecule is CC1(C)CC[C@]23CC[C@]4(C)[C@H](CC[C@@H]5[C@@]6(C)CC/C(=N\O)C(C)(C)[C@@H]6CC[C@]54C)C2C1OC3. The van der Waals surface area contributed by atoms with Gasteiger partial charge in [0.05, 0.1) is 18.4 Å². The van der Waals surface area contributed by atoms with Crippen molar-refractivity contribution in [2.24, 2.45) is 61.3 Å². The zero-order chi connectivity index (χ0) is 23.7. The van der Waals surface area contributed by atoms with E-state index < -0.39 is 0 Å². The van der Waals surface area contributed by atoms with E-state index in [1.165, 1.54) is 57.8 Å². The van der Waals surface area contributed by atoms with Gasteiger partial charge in [-0.25, -0.2) is 0 Å². The van der Waals surface area contributed by atoms with Crippen LogP contribution in [0.25, 0.3) is 0 Å². The van der Waals surface area contributed by atoms with Gasteiger partial charge in [0.25, 0.3) is 0 Å². The predicted octanol–water partition coefficient (Wildman–Crippen LogP) is 7.71. The zero-order valence-corrected chi connectivity index (χ0v) is 22.5. The van der Waals surface area contributed by atoms with Gasteiger partial charge in [0.15, 0.2) is 0 Å². The van der Waals surface area contributed by atoms with Gasteiger partial charge in [-0.05, 0) is 115 Å². The quantitative estimate of drug-likeness (QED) is 0.300. The third-order valence-electron chi connectivity index (χ3n) is 14.0. The Hall–Kier alpha value is -0.570. The fourth-order valence-corrected chi connectivity index (χ4v) is 12.0. The maximum absolute atomic E-state index is 9.76. The Morgan fingerprint density at radius 3 is 2.24 bits per heavy atom. The van der Waals surface area contributed by atoms with Crippen LogP contribution in [-0.4, -0.2) is 23.6 Å². The minimum Gasteiger partial charge on any atom is -0.411 e. The van der Waals surface area contributed by atoms with Crippen LogP contribution >= 0.6 is 0 Å². The first-order valence-corrected chi connectivity index (χ1v) is 14.2. The van der Waals surface area contributed by atoms with E-state index in [2.05, 4.69) is 53.6 Å². The lowest BCUT2D eigenvalue weighted by atomic mass is 9.31. The molecule has 3 heteroatoms. The van der Waals surface area contributed by atoms with Crippen molar-refractivity contribution in [3.63, 3.8) is 0 Å². The van der Waals surface area contributed by atoms with Crippen LogP contribution in [0.15, 0.2) is 5.16 Å². The molecule has 0 aromatic heterocycles. The summed E-state index contributed by atoms with van der Waals surface area (Å²) in [6.45, 7) is 18.8. The molecule has 6 fully saturated rings. The van der Waals surface area contributed by atoms with Gasteiger partial charge in [-0.15, -0.1) is 0 Å². The third kappa shape index (κ3) is 2.54. The van der Waals surface area contributed by atoms with E-state index in [0.29, 0.717) is 39.1 Å². The molecule has 0 radical (unpaired) electrons. The van der Waals surface area contributed by atoms with Gasteiger partial charge < -0.3 is 9.94 Å². The lowest BCUT2D eigenvalue weighted by Crippen LogP contribution is -2.67. The Morgan fingerprint density at radius 1 is 0.788 bits per heavy atom. The maximum atomic E-state index is 9.76. The first-order valence-electron chi connectivity index (χ1n) is 14.2. The lowest BCUT2D eigenvalue weighted by Gasteiger charge is -2.73. The molecule has 9 atom stereocenters. The molecule has 5 aliphatic carbocycles. The fourth-order valence-electron chi connectivity index (χ4n) is 12.0. The molecule has 1 N–H and O–H groups in total. The van der Waals surface area contributed by atoms with Crippen molar-refractivity contribution in [1.82, 2.24) is 0 Å². The summed E-state index contributed by atoms with van der Waals surface area (Å²) in [6, 6.07) is 0. The van der Waals surface area contributed by atoms with Crippen LogP contribution in [0.4, 0.5) is 0 Å². The molecule has 0 aromatic rings. The molecule has 186 valence electrons. The molecule has 6 aliphatic rings. The molecular weight excluding hydrogens is 406 g/mol. The lowest BCUT2D eigenvalue weighted by molar-refractivity contribution is -0.235. The van der Waals surface area contributed by atoms with E-state index >= 15 is 0 Å². The molecule has 6 rings (SSSR count). The van der Waals surface area contributed by atoms with Crippen LogP contribution in [0.3, 0.4) is 0 Å². The maximum Gasteiger partial charge on any atom is 0.0663 e. The van der Waals surface area contributed by atoms with Gasteiger partial charge in [0.2, 0.25) is 0 Å². The van der Waals surface area contributed by atoms with Crippen molar-refractivity contribution in [1.29, 1.82) is 0 Å². The average molecular weight is 456 g/mol. The number of fused-ring (bicyclic) bond motifs is 5. The van der Waals surface area contributed by atoms with Crippen LogP contribution < -0.4 is 0 Å². The first-order chi connectivity index (χ1) is 15.4. The third-order valence-corrected chi connectivity index (χ3v) is 14.0. The van der Waals surface area contributed by atoms with E-state index in [4.69, 9.17) is 4.74 Å². The largest absolute Gasteiger partial charge is 0.411 e. The minimum absolute atomic E-state index is 0.0117. The minimum atomic E-state index is 0.0117. The summed E-state index contributed by atoms with van der Waals surface area (Å²) in [5, 5.41) is 13.6. The normalized spacial score (nSPS) is 57.5. The van der Waals surface area contributed by atoms with Gasteiger partial charge in [0, 0.05) is 5.41 Å². The van der Waals surface area contributed by atoms with Gasteiger partial charge >= 0.3 is 0 Å². The second-order valence-electron chi connectivity index (χ2n) is 15.5. The monoisotopic (exact) mass is 455 g/mol. The molecule has 1 heterocycles. The second-order valence-corrected chi connectivity index (χ2v) is 15.5. The number of rotatable bonds is 0. The summed E-state index contributed by atoms with van der Waals surface area (Å²) >= 11 is 0. The van der Waals surface area contributed by atoms with E-state index in [1.54, 1.807) is 0 Å². The Balaban J connectivity index is 1.39. The predicted molar refractivity (Wildman–Crippen MR) is 133 cm³/mol. The van der Waals surface area contributed by atoms with Crippen molar-refractivity contribution in [2.75, 3.05) is 6.61 Å². The Kier molecular flexibility index (Phi) is 4.57. The Labute approximate surface area is 202 Å². The van der Waals surface area contributed by atoms with Crippen molar-refractivity contribution in [3.8, 4) is 0 Å². The van der Waals surface area contributed by atoms with Gasteiger partial charge in [-0.1, -0.05) is 53.6 Å². The Morgan fingerprint density at radius 2 is 1.52 bits per heavy atom. The number of oxime groups is 1. The molecule has 33 heavy (non-hydrogen) atoms. The van der Waals surface area contributed by atoms with Gasteiger partial charge in [-0.3, -0.25) is 0 Å². The summed E-state index contributed by atoms with van der Waals surface area (Å²) in [7, 11) is 0. The van der Waals surface area contributed by atoms with Crippen LogP contribution in [-0.2, 0) is 4.74 Å².